The molecule has 1 N–H and O–H groups in total. The van der Waals surface area contributed by atoms with Crippen LogP contribution < -0.4 is 9.62 Å². The third-order valence-corrected chi connectivity index (χ3v) is 6.92. The largest absolute Gasteiger partial charge is 0.338 e. The highest BCUT2D eigenvalue weighted by Crippen LogP contribution is 2.24. The van der Waals surface area contributed by atoms with Gasteiger partial charge in [0.15, 0.2) is 0 Å². The summed E-state index contributed by atoms with van der Waals surface area (Å²) >= 11 is 0. The van der Waals surface area contributed by atoms with E-state index in [9.17, 15) is 13.2 Å². The normalized spacial score (nSPS) is 17.0. The molecule has 1 aliphatic heterocycles. The molecule has 174 valence electrons. The zero-order valence-corrected chi connectivity index (χ0v) is 19.5. The topological polar surface area (TPSA) is 109 Å². The van der Waals surface area contributed by atoms with Crippen molar-refractivity contribution in [2.75, 3.05) is 36.0 Å². The van der Waals surface area contributed by atoms with Crippen LogP contribution in [0, 0.1) is 5.92 Å². The van der Waals surface area contributed by atoms with Crippen molar-refractivity contribution in [3.8, 4) is 11.4 Å². The summed E-state index contributed by atoms with van der Waals surface area (Å²) in [6, 6.07) is 16.5. The summed E-state index contributed by atoms with van der Waals surface area (Å²) in [5.74, 6) is 0.795. The molecule has 0 saturated carbocycles. The molecular formula is C23H27N5O4S. The number of rotatable bonds is 7. The predicted octanol–water partition coefficient (Wildman–Crippen LogP) is 2.98. The lowest BCUT2D eigenvalue weighted by molar-refractivity contribution is -0.121. The van der Waals surface area contributed by atoms with Crippen molar-refractivity contribution in [1.82, 2.24) is 15.0 Å². The highest BCUT2D eigenvalue weighted by atomic mass is 32.2. The fourth-order valence-corrected chi connectivity index (χ4v) is 4.34. The van der Waals surface area contributed by atoms with E-state index in [1.54, 1.807) is 24.3 Å². The van der Waals surface area contributed by atoms with E-state index in [2.05, 4.69) is 20.4 Å². The molecular weight excluding hydrogens is 442 g/mol. The van der Waals surface area contributed by atoms with E-state index >= 15 is 0 Å². The minimum atomic E-state index is -3.38. The summed E-state index contributed by atoms with van der Waals surface area (Å²) < 4.78 is 30.2. The van der Waals surface area contributed by atoms with Gasteiger partial charge in [0, 0.05) is 24.8 Å². The lowest BCUT2D eigenvalue weighted by Crippen LogP contribution is -2.40. The van der Waals surface area contributed by atoms with Crippen LogP contribution in [0.3, 0.4) is 0 Å². The predicted molar refractivity (Wildman–Crippen MR) is 126 cm³/mol. The van der Waals surface area contributed by atoms with Crippen LogP contribution in [0.5, 0.6) is 0 Å². The van der Waals surface area contributed by atoms with E-state index in [-0.39, 0.29) is 11.8 Å². The Balaban J connectivity index is 1.37. The van der Waals surface area contributed by atoms with Crippen molar-refractivity contribution < 1.29 is 17.7 Å². The number of nitrogens with zero attached hydrogens (tertiary/aromatic N) is 4. The summed E-state index contributed by atoms with van der Waals surface area (Å²) in [4.78, 5) is 19.5. The van der Waals surface area contributed by atoms with Crippen molar-refractivity contribution in [3.05, 3.63) is 60.5 Å². The first kappa shape index (κ1) is 22.9. The van der Waals surface area contributed by atoms with Crippen molar-refractivity contribution in [1.29, 1.82) is 0 Å². The Kier molecular flexibility index (Phi) is 6.75. The maximum atomic E-state index is 12.9. The molecule has 2 heterocycles. The van der Waals surface area contributed by atoms with E-state index in [4.69, 9.17) is 4.52 Å². The van der Waals surface area contributed by atoms with Crippen molar-refractivity contribution in [2.45, 2.75) is 19.4 Å². The molecule has 0 spiro atoms. The number of hydrogen-bond donors (Lipinski definition) is 1. The fourth-order valence-electron chi connectivity index (χ4n) is 3.84. The van der Waals surface area contributed by atoms with Gasteiger partial charge < -0.3 is 9.84 Å². The highest BCUT2D eigenvalue weighted by Gasteiger charge is 2.27. The van der Waals surface area contributed by atoms with Gasteiger partial charge in [0.2, 0.25) is 27.6 Å². The van der Waals surface area contributed by atoms with Crippen LogP contribution in [-0.4, -0.2) is 55.8 Å². The third kappa shape index (κ3) is 5.77. The van der Waals surface area contributed by atoms with Gasteiger partial charge >= 0.3 is 0 Å². The molecule has 1 fully saturated rings. The number of carbonyl (C=O) groups is 1. The second-order valence-corrected chi connectivity index (χ2v) is 10.2. The monoisotopic (exact) mass is 469 g/mol. The SMILES string of the molecule is CN(c1cccc(NC(=O)C2CCCN(Cc3nc(-c4ccccc4)no3)C2)c1)S(C)(=O)=O. The first-order valence-corrected chi connectivity index (χ1v) is 12.6. The molecule has 1 saturated heterocycles. The van der Waals surface area contributed by atoms with Crippen molar-refractivity contribution in [3.63, 3.8) is 0 Å². The number of nitrogens with one attached hydrogen (secondary N) is 1. The van der Waals surface area contributed by atoms with Gasteiger partial charge in [0.05, 0.1) is 24.4 Å². The summed E-state index contributed by atoms with van der Waals surface area (Å²) in [5.41, 5.74) is 1.95. The number of anilines is 2. The first-order valence-electron chi connectivity index (χ1n) is 10.7. The van der Waals surface area contributed by atoms with Gasteiger partial charge in [-0.25, -0.2) is 8.42 Å². The molecule has 0 aliphatic carbocycles. The molecule has 1 aromatic heterocycles. The van der Waals surface area contributed by atoms with Gasteiger partial charge in [-0.15, -0.1) is 0 Å². The number of piperidine rings is 1. The molecule has 0 radical (unpaired) electrons. The van der Waals surface area contributed by atoms with E-state index in [0.717, 1.165) is 31.2 Å². The minimum absolute atomic E-state index is 0.0886. The standard InChI is InChI=1S/C23H27N5O4S/c1-27(33(2,30)31)20-12-6-11-19(14-20)24-23(29)18-10-7-13-28(15-18)16-21-25-22(26-32-21)17-8-4-3-5-9-17/h3-6,8-9,11-12,14,18H,7,10,13,15-16H2,1-2H3,(H,24,29). The summed E-state index contributed by atoms with van der Waals surface area (Å²) in [6.07, 6.45) is 2.81. The van der Waals surface area contributed by atoms with Crippen molar-refractivity contribution >= 4 is 27.3 Å². The van der Waals surface area contributed by atoms with Crippen LogP contribution >= 0.6 is 0 Å². The molecule has 1 atom stereocenters. The smallest absolute Gasteiger partial charge is 0.241 e. The van der Waals surface area contributed by atoms with Crippen LogP contribution in [0.2, 0.25) is 0 Å². The lowest BCUT2D eigenvalue weighted by atomic mass is 9.97. The number of likely N-dealkylation sites (tertiary alicyclic amines) is 1. The molecule has 4 rings (SSSR count). The van der Waals surface area contributed by atoms with Gasteiger partial charge in [-0.3, -0.25) is 14.0 Å². The Labute approximate surface area is 193 Å². The molecule has 33 heavy (non-hydrogen) atoms. The Morgan fingerprint density at radius 2 is 2.00 bits per heavy atom. The summed E-state index contributed by atoms with van der Waals surface area (Å²) in [6.45, 7) is 1.91. The van der Waals surface area contributed by atoms with Gasteiger partial charge in [-0.05, 0) is 37.6 Å². The molecule has 2 aromatic carbocycles. The Bertz CT molecular complexity index is 1210. The van der Waals surface area contributed by atoms with E-state index < -0.39 is 10.0 Å². The van der Waals surface area contributed by atoms with Gasteiger partial charge in [-0.1, -0.05) is 41.6 Å². The molecule has 0 bridgehead atoms. The molecule has 10 heteroatoms. The fraction of sp³-hybridized carbons (Fsp3) is 0.348. The number of aromatic nitrogens is 2. The second-order valence-electron chi connectivity index (χ2n) is 8.22. The number of amides is 1. The van der Waals surface area contributed by atoms with Crippen LogP contribution in [0.25, 0.3) is 11.4 Å². The first-order chi connectivity index (χ1) is 15.8. The summed E-state index contributed by atoms with van der Waals surface area (Å²) in [7, 11) is -1.90. The lowest BCUT2D eigenvalue weighted by Gasteiger charge is -2.31. The molecule has 1 unspecified atom stereocenters. The number of hydrogen-bond acceptors (Lipinski definition) is 7. The highest BCUT2D eigenvalue weighted by molar-refractivity contribution is 7.92. The van der Waals surface area contributed by atoms with E-state index in [1.807, 2.05) is 30.3 Å². The number of carbonyl (C=O) groups excluding carboxylic acids is 1. The number of sulfonamides is 1. The Morgan fingerprint density at radius 1 is 1.21 bits per heavy atom. The summed E-state index contributed by atoms with van der Waals surface area (Å²) in [5, 5.41) is 6.99. The zero-order chi connectivity index (χ0) is 23.4. The Morgan fingerprint density at radius 3 is 2.76 bits per heavy atom. The van der Waals surface area contributed by atoms with E-state index in [1.165, 1.54) is 11.4 Å². The zero-order valence-electron chi connectivity index (χ0n) is 18.6. The minimum Gasteiger partial charge on any atom is -0.338 e. The van der Waals surface area contributed by atoms with Crippen LogP contribution in [0.15, 0.2) is 59.1 Å². The molecule has 1 aliphatic rings. The van der Waals surface area contributed by atoms with Gasteiger partial charge in [0.25, 0.3) is 0 Å². The van der Waals surface area contributed by atoms with Gasteiger partial charge in [0.1, 0.15) is 0 Å². The molecule has 9 nitrogen and oxygen atoms in total. The maximum absolute atomic E-state index is 12.9. The van der Waals surface area contributed by atoms with Gasteiger partial charge in [-0.2, -0.15) is 4.98 Å². The number of benzene rings is 2. The second kappa shape index (κ2) is 9.72. The van der Waals surface area contributed by atoms with E-state index in [0.29, 0.717) is 36.2 Å². The van der Waals surface area contributed by atoms with Crippen LogP contribution in [0.1, 0.15) is 18.7 Å². The maximum Gasteiger partial charge on any atom is 0.241 e. The van der Waals surface area contributed by atoms with Crippen molar-refractivity contribution in [2.24, 2.45) is 5.92 Å². The third-order valence-electron chi connectivity index (χ3n) is 5.71. The average molecular weight is 470 g/mol. The average Bonchev–Trinajstić information content (AvgIpc) is 3.27. The molecule has 1 amide bonds. The van der Waals surface area contributed by atoms with Crippen LogP contribution in [-0.2, 0) is 21.4 Å². The molecule has 3 aromatic rings. The Hall–Kier alpha value is -3.24. The quantitative estimate of drug-likeness (QED) is 0.567. The van der Waals surface area contributed by atoms with Crippen LogP contribution in [0.4, 0.5) is 11.4 Å².